The lowest BCUT2D eigenvalue weighted by Gasteiger charge is -2.10. The molecule has 0 atom stereocenters. The maximum Gasteiger partial charge on any atom is 0.266 e. The van der Waals surface area contributed by atoms with Crippen LogP contribution in [0.2, 0.25) is 0 Å². The van der Waals surface area contributed by atoms with Crippen molar-refractivity contribution in [2.24, 2.45) is 0 Å². The van der Waals surface area contributed by atoms with Crippen LogP contribution in [-0.2, 0) is 11.4 Å². The van der Waals surface area contributed by atoms with Crippen molar-refractivity contribution in [3.8, 4) is 11.8 Å². The van der Waals surface area contributed by atoms with E-state index in [2.05, 4.69) is 53.3 Å². The number of halogens is 1. The fraction of sp³-hybridized carbons (Fsp3) is 0.120. The van der Waals surface area contributed by atoms with Crippen molar-refractivity contribution in [3.05, 3.63) is 99.0 Å². The third-order valence-electron chi connectivity index (χ3n) is 4.34. The van der Waals surface area contributed by atoms with Gasteiger partial charge in [-0.1, -0.05) is 53.6 Å². The van der Waals surface area contributed by atoms with Crippen LogP contribution in [0.4, 0.5) is 5.69 Å². The standard InChI is InChI=1S/C25H21BrN2O2/c1-17-10-18(2)12-20(11-17)16-30-24-9-8-19(14-23(24)26)13-21(15-27)25(29)28-22-6-4-3-5-7-22/h3-14H,16H2,1-2H3,(H,28,29)/b21-13+. The van der Waals surface area contributed by atoms with Crippen LogP contribution in [0.15, 0.2) is 76.8 Å². The molecule has 0 bridgehead atoms. The molecule has 0 aliphatic rings. The molecule has 150 valence electrons. The number of anilines is 1. The molecule has 5 heteroatoms. The Bertz CT molecular complexity index is 1110. The summed E-state index contributed by atoms with van der Waals surface area (Å²) in [4.78, 5) is 12.4. The van der Waals surface area contributed by atoms with Crippen LogP contribution >= 0.6 is 15.9 Å². The van der Waals surface area contributed by atoms with E-state index in [1.165, 1.54) is 11.1 Å². The smallest absolute Gasteiger partial charge is 0.266 e. The molecule has 0 saturated carbocycles. The molecule has 4 nitrogen and oxygen atoms in total. The highest BCUT2D eigenvalue weighted by Crippen LogP contribution is 2.28. The van der Waals surface area contributed by atoms with E-state index in [-0.39, 0.29) is 5.57 Å². The van der Waals surface area contributed by atoms with Crippen LogP contribution in [0.5, 0.6) is 5.75 Å². The van der Waals surface area contributed by atoms with Gasteiger partial charge in [0.1, 0.15) is 24.0 Å². The first-order valence-corrected chi connectivity index (χ1v) is 10.2. The fourth-order valence-electron chi connectivity index (χ4n) is 3.07. The molecule has 1 amide bonds. The van der Waals surface area contributed by atoms with Gasteiger partial charge in [-0.15, -0.1) is 0 Å². The van der Waals surface area contributed by atoms with Gasteiger partial charge in [0, 0.05) is 5.69 Å². The lowest BCUT2D eigenvalue weighted by atomic mass is 10.1. The molecule has 1 N–H and O–H groups in total. The topological polar surface area (TPSA) is 62.1 Å². The number of para-hydroxylation sites is 1. The summed E-state index contributed by atoms with van der Waals surface area (Å²) in [6, 6.07) is 22.8. The highest BCUT2D eigenvalue weighted by Gasteiger charge is 2.10. The maximum atomic E-state index is 12.4. The number of nitrogens with one attached hydrogen (secondary N) is 1. The molecular weight excluding hydrogens is 440 g/mol. The number of carbonyl (C=O) groups excluding carboxylic acids is 1. The van der Waals surface area contributed by atoms with Crippen LogP contribution in [-0.4, -0.2) is 5.91 Å². The van der Waals surface area contributed by atoms with Crippen molar-refractivity contribution in [3.63, 3.8) is 0 Å². The number of nitriles is 1. The average molecular weight is 461 g/mol. The summed E-state index contributed by atoms with van der Waals surface area (Å²) in [6.07, 6.45) is 1.55. The first-order chi connectivity index (χ1) is 14.4. The van der Waals surface area contributed by atoms with Gasteiger partial charge >= 0.3 is 0 Å². The number of aryl methyl sites for hydroxylation is 2. The van der Waals surface area contributed by atoms with Crippen molar-refractivity contribution >= 4 is 33.6 Å². The average Bonchev–Trinajstić information content (AvgIpc) is 2.71. The van der Waals surface area contributed by atoms with Crippen molar-refractivity contribution < 1.29 is 9.53 Å². The second kappa shape index (κ2) is 9.91. The number of amides is 1. The number of ether oxygens (including phenoxy) is 1. The van der Waals surface area contributed by atoms with Gasteiger partial charge in [0.05, 0.1) is 4.47 Å². The molecule has 3 rings (SSSR count). The SMILES string of the molecule is Cc1cc(C)cc(COc2ccc(/C=C(\C#N)C(=O)Nc3ccccc3)cc2Br)c1. The van der Waals surface area contributed by atoms with E-state index < -0.39 is 5.91 Å². The minimum Gasteiger partial charge on any atom is -0.488 e. The molecule has 0 aliphatic heterocycles. The van der Waals surface area contributed by atoms with Crippen LogP contribution in [0, 0.1) is 25.2 Å². The molecule has 0 aromatic heterocycles. The van der Waals surface area contributed by atoms with E-state index in [1.54, 1.807) is 18.2 Å². The maximum absolute atomic E-state index is 12.4. The normalized spacial score (nSPS) is 10.9. The summed E-state index contributed by atoms with van der Waals surface area (Å²) in [5, 5.41) is 12.1. The third-order valence-corrected chi connectivity index (χ3v) is 4.96. The molecule has 0 spiro atoms. The molecule has 0 fully saturated rings. The third kappa shape index (κ3) is 5.82. The van der Waals surface area contributed by atoms with E-state index in [1.807, 2.05) is 42.5 Å². The summed E-state index contributed by atoms with van der Waals surface area (Å²) in [5.41, 5.74) is 4.89. The molecule has 0 radical (unpaired) electrons. The number of rotatable bonds is 6. The van der Waals surface area contributed by atoms with Gasteiger partial charge in [0.25, 0.3) is 5.91 Å². The second-order valence-corrected chi connectivity index (χ2v) is 7.82. The second-order valence-electron chi connectivity index (χ2n) is 6.96. The predicted molar refractivity (Wildman–Crippen MR) is 123 cm³/mol. The predicted octanol–water partition coefficient (Wildman–Crippen LogP) is 6.19. The Morgan fingerprint density at radius 1 is 1.07 bits per heavy atom. The van der Waals surface area contributed by atoms with E-state index in [9.17, 15) is 10.1 Å². The molecule has 30 heavy (non-hydrogen) atoms. The molecule has 0 aliphatic carbocycles. The summed E-state index contributed by atoms with van der Waals surface area (Å²) >= 11 is 3.51. The molecule has 3 aromatic carbocycles. The van der Waals surface area contributed by atoms with E-state index in [4.69, 9.17) is 4.74 Å². The van der Waals surface area contributed by atoms with Gasteiger partial charge in [0.15, 0.2) is 0 Å². The molecular formula is C25H21BrN2O2. The van der Waals surface area contributed by atoms with Crippen LogP contribution in [0.1, 0.15) is 22.3 Å². The highest BCUT2D eigenvalue weighted by atomic mass is 79.9. The zero-order valence-electron chi connectivity index (χ0n) is 16.8. The number of hydrogen-bond acceptors (Lipinski definition) is 3. The van der Waals surface area contributed by atoms with Crippen molar-refractivity contribution in [1.82, 2.24) is 0 Å². The van der Waals surface area contributed by atoms with E-state index in [0.29, 0.717) is 18.0 Å². The summed E-state index contributed by atoms with van der Waals surface area (Å²) in [7, 11) is 0. The van der Waals surface area contributed by atoms with Crippen molar-refractivity contribution in [2.45, 2.75) is 20.5 Å². The Morgan fingerprint density at radius 2 is 1.77 bits per heavy atom. The Hall–Kier alpha value is -3.36. The van der Waals surface area contributed by atoms with Gasteiger partial charge in [-0.2, -0.15) is 5.26 Å². The minimum absolute atomic E-state index is 0.0228. The minimum atomic E-state index is -0.449. The molecule has 3 aromatic rings. The first-order valence-electron chi connectivity index (χ1n) is 9.42. The first kappa shape index (κ1) is 21.4. The Labute approximate surface area is 184 Å². The molecule has 0 heterocycles. The quantitative estimate of drug-likeness (QED) is 0.352. The molecule has 0 unspecified atom stereocenters. The van der Waals surface area contributed by atoms with E-state index >= 15 is 0 Å². The number of hydrogen-bond donors (Lipinski definition) is 1. The summed E-state index contributed by atoms with van der Waals surface area (Å²) in [5.74, 6) is 0.244. The van der Waals surface area contributed by atoms with Crippen molar-refractivity contribution in [1.29, 1.82) is 5.26 Å². The number of nitrogens with zero attached hydrogens (tertiary/aromatic N) is 1. The van der Waals surface area contributed by atoms with Crippen molar-refractivity contribution in [2.75, 3.05) is 5.32 Å². The Morgan fingerprint density at radius 3 is 2.40 bits per heavy atom. The Kier molecular flexibility index (Phi) is 7.05. The lowest BCUT2D eigenvalue weighted by Crippen LogP contribution is -2.13. The van der Waals surface area contributed by atoms with Crippen LogP contribution < -0.4 is 10.1 Å². The monoisotopic (exact) mass is 460 g/mol. The van der Waals surface area contributed by atoms with E-state index in [0.717, 1.165) is 15.6 Å². The van der Waals surface area contributed by atoms with Gasteiger partial charge in [-0.3, -0.25) is 4.79 Å². The zero-order valence-corrected chi connectivity index (χ0v) is 18.4. The lowest BCUT2D eigenvalue weighted by molar-refractivity contribution is -0.112. The van der Waals surface area contributed by atoms with Gasteiger partial charge in [0.2, 0.25) is 0 Å². The highest BCUT2D eigenvalue weighted by molar-refractivity contribution is 9.10. The Balaban J connectivity index is 1.71. The number of carbonyl (C=O) groups is 1. The summed E-state index contributed by atoms with van der Waals surface area (Å²) < 4.78 is 6.69. The number of benzene rings is 3. The van der Waals surface area contributed by atoms with Crippen LogP contribution in [0.3, 0.4) is 0 Å². The molecule has 0 saturated heterocycles. The van der Waals surface area contributed by atoms with Gasteiger partial charge in [-0.25, -0.2) is 0 Å². The summed E-state index contributed by atoms with van der Waals surface area (Å²) in [6.45, 7) is 4.59. The van der Waals surface area contributed by atoms with Gasteiger partial charge < -0.3 is 10.1 Å². The zero-order chi connectivity index (χ0) is 21.5. The van der Waals surface area contributed by atoms with Crippen LogP contribution in [0.25, 0.3) is 6.08 Å². The fourth-order valence-corrected chi connectivity index (χ4v) is 3.58. The largest absolute Gasteiger partial charge is 0.488 e. The van der Waals surface area contributed by atoms with Gasteiger partial charge in [-0.05, 0) is 71.2 Å².